The maximum absolute atomic E-state index is 13.1. The lowest BCUT2D eigenvalue weighted by Gasteiger charge is -2.40. The van der Waals surface area contributed by atoms with E-state index in [1.165, 1.54) is 36.2 Å². The zero-order valence-electron chi connectivity index (χ0n) is 18.3. The van der Waals surface area contributed by atoms with Gasteiger partial charge in [0.05, 0.1) is 5.03 Å². The van der Waals surface area contributed by atoms with Gasteiger partial charge in [-0.05, 0) is 79.3 Å². The van der Waals surface area contributed by atoms with Gasteiger partial charge in [-0.3, -0.25) is 14.2 Å². The van der Waals surface area contributed by atoms with Crippen LogP contribution in [0.25, 0.3) is 0 Å². The summed E-state index contributed by atoms with van der Waals surface area (Å²) in [6, 6.07) is 15.9. The number of hydrogen-bond donors (Lipinski definition) is 1. The van der Waals surface area contributed by atoms with E-state index in [1.54, 1.807) is 4.57 Å². The van der Waals surface area contributed by atoms with Crippen molar-refractivity contribution in [2.45, 2.75) is 48.9 Å². The molecule has 0 saturated heterocycles. The Morgan fingerprint density at radius 3 is 2.73 bits per heavy atom. The standard InChI is InChI=1S/C26H25ClN2O2S2/c1-14-3-2-4-19(11-14)28-20(30)13-29-25-24(33-26(29)31)21(15-7-9-18(27)10-8-15)22-16-5-6-17(12-16)23(22)32-25/h2-4,7-11,16-17,21-23H,5-6,12-13H2,1H3,(H,28,30)/t16?,17?,21-,22?,23?/m0/s1. The lowest BCUT2D eigenvalue weighted by molar-refractivity contribution is -0.116. The normalized spacial score (nSPS) is 27.3. The summed E-state index contributed by atoms with van der Waals surface area (Å²) in [6.45, 7) is 2.04. The highest BCUT2D eigenvalue weighted by Gasteiger charge is 2.55. The molecule has 0 radical (unpaired) electrons. The minimum Gasteiger partial charge on any atom is -0.325 e. The summed E-state index contributed by atoms with van der Waals surface area (Å²) in [6.07, 6.45) is 3.86. The van der Waals surface area contributed by atoms with Gasteiger partial charge >= 0.3 is 4.87 Å². The third kappa shape index (κ3) is 3.76. The zero-order valence-corrected chi connectivity index (χ0v) is 20.7. The molecule has 6 rings (SSSR count). The fourth-order valence-corrected chi connectivity index (χ4v) is 9.47. The second-order valence-electron chi connectivity index (χ2n) is 9.56. The van der Waals surface area contributed by atoms with Gasteiger partial charge in [-0.25, -0.2) is 0 Å². The van der Waals surface area contributed by atoms with Crippen molar-refractivity contribution in [1.82, 2.24) is 4.57 Å². The van der Waals surface area contributed by atoms with Crippen LogP contribution in [0.5, 0.6) is 0 Å². The molecule has 1 aliphatic heterocycles. The van der Waals surface area contributed by atoms with Crippen LogP contribution in [-0.2, 0) is 11.3 Å². The van der Waals surface area contributed by atoms with Crippen LogP contribution in [-0.4, -0.2) is 15.7 Å². The highest BCUT2D eigenvalue weighted by molar-refractivity contribution is 8.00. The molecule has 4 nitrogen and oxygen atoms in total. The van der Waals surface area contributed by atoms with Crippen LogP contribution < -0.4 is 10.2 Å². The first-order chi connectivity index (χ1) is 16.0. The monoisotopic (exact) mass is 496 g/mol. The number of carbonyl (C=O) groups excluding carboxylic acids is 1. The van der Waals surface area contributed by atoms with E-state index in [0.717, 1.165) is 32.1 Å². The first-order valence-corrected chi connectivity index (χ1v) is 13.6. The summed E-state index contributed by atoms with van der Waals surface area (Å²) >= 11 is 9.37. The average Bonchev–Trinajstić information content (AvgIpc) is 3.48. The van der Waals surface area contributed by atoms with Crippen LogP contribution in [0.3, 0.4) is 0 Å². The largest absolute Gasteiger partial charge is 0.325 e. The molecule has 1 N–H and O–H groups in total. The number of rotatable bonds is 4. The van der Waals surface area contributed by atoms with Crippen LogP contribution in [0.4, 0.5) is 5.69 Å². The molecule has 2 bridgehead atoms. The predicted molar refractivity (Wildman–Crippen MR) is 136 cm³/mol. The van der Waals surface area contributed by atoms with E-state index < -0.39 is 0 Å². The quantitative estimate of drug-likeness (QED) is 0.470. The molecule has 1 amide bonds. The van der Waals surface area contributed by atoms with Crippen molar-refractivity contribution in [2.24, 2.45) is 17.8 Å². The van der Waals surface area contributed by atoms with Crippen molar-refractivity contribution in [2.75, 3.05) is 5.32 Å². The van der Waals surface area contributed by atoms with E-state index in [1.807, 2.05) is 55.1 Å². The molecule has 2 aliphatic carbocycles. The number of anilines is 1. The Morgan fingerprint density at radius 1 is 1.15 bits per heavy atom. The number of amides is 1. The second kappa shape index (κ2) is 8.33. The van der Waals surface area contributed by atoms with Gasteiger partial charge in [-0.1, -0.05) is 47.2 Å². The number of benzene rings is 2. The highest BCUT2D eigenvalue weighted by Crippen LogP contribution is 2.64. The van der Waals surface area contributed by atoms with E-state index in [0.29, 0.717) is 17.1 Å². The number of aromatic nitrogens is 1. The maximum atomic E-state index is 13.1. The lowest BCUT2D eigenvalue weighted by atomic mass is 9.75. The van der Waals surface area contributed by atoms with E-state index in [2.05, 4.69) is 17.4 Å². The summed E-state index contributed by atoms with van der Waals surface area (Å²) in [7, 11) is 0. The molecule has 2 heterocycles. The fourth-order valence-electron chi connectivity index (χ4n) is 6.20. The molecule has 170 valence electrons. The molecule has 2 aromatic carbocycles. The van der Waals surface area contributed by atoms with E-state index >= 15 is 0 Å². The number of nitrogens with one attached hydrogen (secondary N) is 1. The molecular formula is C26H25ClN2O2S2. The number of halogens is 1. The second-order valence-corrected chi connectivity index (χ2v) is 12.2. The van der Waals surface area contributed by atoms with E-state index in [9.17, 15) is 9.59 Å². The Hall–Kier alpha value is -2.02. The van der Waals surface area contributed by atoms with E-state index in [4.69, 9.17) is 11.6 Å². The van der Waals surface area contributed by atoms with Gasteiger partial charge in [0.1, 0.15) is 6.54 Å². The maximum Gasteiger partial charge on any atom is 0.308 e. The Bertz CT molecular complexity index is 1280. The van der Waals surface area contributed by atoms with Gasteiger partial charge in [-0.15, -0.1) is 11.8 Å². The summed E-state index contributed by atoms with van der Waals surface area (Å²) in [4.78, 5) is 27.1. The number of thioether (sulfide) groups is 1. The first-order valence-electron chi connectivity index (χ1n) is 11.5. The van der Waals surface area contributed by atoms with E-state index in [-0.39, 0.29) is 23.2 Å². The lowest BCUT2D eigenvalue weighted by Crippen LogP contribution is -2.34. The summed E-state index contributed by atoms with van der Waals surface area (Å²) in [5.74, 6) is 2.02. The number of nitrogens with zero attached hydrogens (tertiary/aromatic N) is 1. The van der Waals surface area contributed by atoms with Gasteiger partial charge < -0.3 is 5.32 Å². The van der Waals surface area contributed by atoms with Crippen molar-refractivity contribution in [1.29, 1.82) is 0 Å². The third-order valence-corrected chi connectivity index (χ3v) is 10.6. The van der Waals surface area contributed by atoms with Crippen molar-refractivity contribution in [3.05, 3.63) is 79.2 Å². The summed E-state index contributed by atoms with van der Waals surface area (Å²) in [5, 5.41) is 5.20. The molecule has 33 heavy (non-hydrogen) atoms. The molecule has 7 heteroatoms. The molecule has 0 spiro atoms. The fraction of sp³-hybridized carbons (Fsp3) is 0.385. The summed E-state index contributed by atoms with van der Waals surface area (Å²) in [5.41, 5.74) is 3.08. The van der Waals surface area contributed by atoms with Gasteiger partial charge in [0.15, 0.2) is 0 Å². The molecule has 3 aromatic rings. The molecule has 3 aliphatic rings. The Kier molecular flexibility index (Phi) is 5.43. The number of aryl methyl sites for hydroxylation is 1. The third-order valence-electron chi connectivity index (χ3n) is 7.52. The van der Waals surface area contributed by atoms with Gasteiger partial charge in [0, 0.05) is 26.8 Å². The van der Waals surface area contributed by atoms with Crippen molar-refractivity contribution in [3.63, 3.8) is 0 Å². The van der Waals surface area contributed by atoms with Crippen LogP contribution in [0, 0.1) is 24.7 Å². The predicted octanol–water partition coefficient (Wildman–Crippen LogP) is 6.16. The topological polar surface area (TPSA) is 51.1 Å². The van der Waals surface area contributed by atoms with Crippen molar-refractivity contribution in [3.8, 4) is 0 Å². The number of carbonyl (C=O) groups is 1. The smallest absolute Gasteiger partial charge is 0.308 e. The highest BCUT2D eigenvalue weighted by atomic mass is 35.5. The first kappa shape index (κ1) is 21.5. The molecule has 5 atom stereocenters. The molecule has 2 fully saturated rings. The molecule has 2 saturated carbocycles. The minimum atomic E-state index is -0.165. The Labute approximate surface area is 206 Å². The van der Waals surface area contributed by atoms with Crippen molar-refractivity contribution < 1.29 is 4.79 Å². The SMILES string of the molecule is Cc1cccc(NC(=O)Cn2c3c(sc2=O)[C@@H](c2ccc(Cl)cc2)C2C4CCC(C4)C2S3)c1. The minimum absolute atomic E-state index is 0.0434. The van der Waals surface area contributed by atoms with Crippen LogP contribution in [0.2, 0.25) is 5.02 Å². The number of hydrogen-bond acceptors (Lipinski definition) is 4. The van der Waals surface area contributed by atoms with Crippen molar-refractivity contribution >= 4 is 46.3 Å². The number of fused-ring (bicyclic) bond motifs is 6. The molecular weight excluding hydrogens is 472 g/mol. The zero-order chi connectivity index (χ0) is 22.7. The van der Waals surface area contributed by atoms with Gasteiger partial charge in [0.2, 0.25) is 5.91 Å². The summed E-state index contributed by atoms with van der Waals surface area (Å²) < 4.78 is 1.71. The van der Waals surface area contributed by atoms with Gasteiger partial charge in [-0.2, -0.15) is 0 Å². The van der Waals surface area contributed by atoms with Gasteiger partial charge in [0.25, 0.3) is 0 Å². The average molecular weight is 497 g/mol. The Morgan fingerprint density at radius 2 is 1.94 bits per heavy atom. The number of thiazole rings is 1. The van der Waals surface area contributed by atoms with Crippen LogP contribution in [0.15, 0.2) is 58.4 Å². The molecule has 4 unspecified atom stereocenters. The molecule has 1 aromatic heterocycles. The van der Waals surface area contributed by atoms with Crippen LogP contribution in [0.1, 0.15) is 41.2 Å². The van der Waals surface area contributed by atoms with Crippen LogP contribution >= 0.6 is 34.7 Å². The Balaban J connectivity index is 1.37.